The zero-order valence-corrected chi connectivity index (χ0v) is 18.0. The van der Waals surface area contributed by atoms with Gasteiger partial charge in [0.1, 0.15) is 4.31 Å². The largest absolute Gasteiger partial charge is 1.00 e. The summed E-state index contributed by atoms with van der Waals surface area (Å²) in [6, 6.07) is 0. The molecule has 2 atom stereocenters. The van der Waals surface area contributed by atoms with Crippen LogP contribution < -0.4 is 113 Å². The maximum atomic E-state index is 9.24. The van der Waals surface area contributed by atoms with Crippen molar-refractivity contribution in [2.24, 2.45) is 0 Å². The summed E-state index contributed by atoms with van der Waals surface area (Å²) in [6.45, 7) is -0.433. The van der Waals surface area contributed by atoms with E-state index in [0.717, 1.165) is 0 Å². The fraction of sp³-hybridized carbons (Fsp3) is 1.00. The van der Waals surface area contributed by atoms with Crippen LogP contribution in [0.2, 0.25) is 0 Å². The van der Waals surface area contributed by atoms with E-state index >= 15 is 0 Å². The summed E-state index contributed by atoms with van der Waals surface area (Å²) in [5.41, 5.74) is 0. The Hall–Kier alpha value is 4.18. The minimum absolute atomic E-state index is 0. The Labute approximate surface area is 188 Å². The summed E-state index contributed by atoms with van der Waals surface area (Å²) in [4.78, 5) is 18.5. The van der Waals surface area contributed by atoms with Crippen molar-refractivity contribution in [1.29, 1.82) is 0 Å². The molecule has 0 aliphatic rings. The Balaban J connectivity index is -0.0000000718. The molecule has 78 valence electrons. The normalized spacial score (nSPS) is 11.1. The van der Waals surface area contributed by atoms with Gasteiger partial charge in [0.15, 0.2) is 0 Å². The van der Waals surface area contributed by atoms with Crippen molar-refractivity contribution in [3.8, 4) is 0 Å². The first-order chi connectivity index (χ1) is 5.69. The van der Waals surface area contributed by atoms with E-state index in [9.17, 15) is 18.9 Å². The zero-order valence-electron chi connectivity index (χ0n) is 7.72. The summed E-state index contributed by atoms with van der Waals surface area (Å²) in [6.07, 6.45) is 0. The number of hydrogen-bond donors (Lipinski definition) is 1. The molecule has 0 aromatic heterocycles. The van der Waals surface area contributed by atoms with Gasteiger partial charge in [0, 0.05) is 0 Å². The maximum absolute atomic E-state index is 9.24. The number of hydrogen-bond acceptors (Lipinski definition) is 6. The van der Waals surface area contributed by atoms with Crippen LogP contribution in [0.15, 0.2) is 0 Å². The van der Waals surface area contributed by atoms with E-state index in [0.29, 0.717) is 0 Å². The van der Waals surface area contributed by atoms with Crippen molar-refractivity contribution in [3.05, 3.63) is 0 Å². The van der Waals surface area contributed by atoms with Gasteiger partial charge in [-0.25, -0.2) is 0 Å². The Morgan fingerprint density at radius 2 is 1.33 bits per heavy atom. The molecular weight excluding hydrogens is 367 g/mol. The summed E-state index contributed by atoms with van der Waals surface area (Å²) in [5.74, 6) is 0. The summed E-state index contributed by atoms with van der Waals surface area (Å²) in [5, 5.41) is 8.01. The minimum atomic E-state index is -3.24. The van der Waals surface area contributed by atoms with Gasteiger partial charge in [0.05, 0.1) is 6.61 Å². The molecule has 0 heterocycles. The molecule has 0 rings (SSSR count). The van der Waals surface area contributed by atoms with Crippen molar-refractivity contribution in [2.75, 3.05) is 6.61 Å². The first kappa shape index (κ1) is 27.5. The first-order valence-electron chi connectivity index (χ1n) is 2.33. The van der Waals surface area contributed by atoms with E-state index < -0.39 is 26.9 Å². The van der Waals surface area contributed by atoms with E-state index in [1.165, 1.54) is 0 Å². The van der Waals surface area contributed by atoms with Crippen LogP contribution in [0.5, 0.6) is 0 Å². The fourth-order valence-electron chi connectivity index (χ4n) is 0.0544. The summed E-state index contributed by atoms with van der Waals surface area (Å²) >= 11 is 15.0. The zero-order chi connectivity index (χ0) is 11.1. The molecule has 13 heteroatoms. The number of rotatable bonds is 2. The van der Waals surface area contributed by atoms with Gasteiger partial charge in [-0.15, -0.1) is 0 Å². The molecule has 0 aromatic rings. The molecule has 6 nitrogen and oxygen atoms in total. The Bertz CT molecular complexity index is 176. The van der Waals surface area contributed by atoms with Crippen LogP contribution in [0.3, 0.4) is 0 Å². The van der Waals surface area contributed by atoms with Gasteiger partial charge in [-0.2, -0.15) is 0 Å². The standard InChI is InChI=1S/C2H3Cl3O.2K.O5P2/c3-2(4,5)1-6;;;1-6(2)5-7(3)4/h6H,1H2;;;/q;2*+1;. The second-order valence-corrected chi connectivity index (χ2v) is 5.37. The molecule has 0 aliphatic carbocycles. The molecule has 0 saturated carbocycles. The minimum Gasteiger partial charge on any atom is -0.563 e. The molecule has 0 bridgehead atoms. The third-order valence-electron chi connectivity index (χ3n) is 0.313. The van der Waals surface area contributed by atoms with E-state index in [2.05, 4.69) is 4.31 Å². The number of halogens is 3. The first-order valence-corrected chi connectivity index (χ1v) is 5.66. The average Bonchev–Trinajstić information content (AvgIpc) is 1.84. The van der Waals surface area contributed by atoms with Gasteiger partial charge in [-0.1, -0.05) is 34.8 Å². The van der Waals surface area contributed by atoms with Crippen LogP contribution in [0, 0.1) is 0 Å². The second-order valence-electron chi connectivity index (χ2n) is 1.30. The quantitative estimate of drug-likeness (QED) is 0.295. The van der Waals surface area contributed by atoms with E-state index in [4.69, 9.17) is 39.9 Å². The molecule has 0 aliphatic heterocycles. The molecule has 0 spiro atoms. The Morgan fingerprint density at radius 1 is 1.13 bits per heavy atom. The van der Waals surface area contributed by atoms with Gasteiger partial charge in [0.2, 0.25) is 3.79 Å². The van der Waals surface area contributed by atoms with Gasteiger partial charge in [-0.05, 0) is 9.13 Å². The second kappa shape index (κ2) is 16.2. The third kappa shape index (κ3) is 38.1. The molecular formula is C2H3Cl3K2O6P2+2. The molecule has 0 fully saturated rings. The number of aliphatic hydroxyl groups is 1. The number of alkyl halides is 3. The molecule has 1 N–H and O–H groups in total. The molecule has 0 aromatic carbocycles. The Kier molecular flexibility index (Phi) is 29.8. The predicted molar refractivity (Wildman–Crippen MR) is 43.7 cm³/mol. The smallest absolute Gasteiger partial charge is 0.563 e. The van der Waals surface area contributed by atoms with Crippen LogP contribution in [-0.4, -0.2) is 15.5 Å². The van der Waals surface area contributed by atoms with Crippen molar-refractivity contribution >= 4 is 51.3 Å². The molecule has 0 radical (unpaired) electrons. The van der Waals surface area contributed by atoms with Crippen molar-refractivity contribution in [3.63, 3.8) is 0 Å². The van der Waals surface area contributed by atoms with E-state index in [-0.39, 0.29) is 103 Å². The van der Waals surface area contributed by atoms with E-state index in [1.54, 1.807) is 0 Å². The monoisotopic (exact) mass is 368 g/mol. The summed E-state index contributed by atoms with van der Waals surface area (Å²) in [7, 11) is -6.47. The topological polar surface area (TPSA) is 110 Å². The average molecular weight is 370 g/mol. The third-order valence-corrected chi connectivity index (χ3v) is 1.74. The number of aliphatic hydroxyl groups excluding tert-OH is 1. The summed E-state index contributed by atoms with van der Waals surface area (Å²) < 4.78 is 20.2. The van der Waals surface area contributed by atoms with Crippen LogP contribution in [0.4, 0.5) is 0 Å². The van der Waals surface area contributed by atoms with Gasteiger partial charge in [-0.3, -0.25) is 0 Å². The molecule has 15 heavy (non-hydrogen) atoms. The predicted octanol–water partition coefficient (Wildman–Crippen LogP) is -5.60. The van der Waals surface area contributed by atoms with Crippen LogP contribution in [0.1, 0.15) is 0 Å². The molecule has 0 amide bonds. The SMILES string of the molecule is O=[P+]([O-])O[P+](=O)[O-].OCC(Cl)(Cl)Cl.[K+].[K+]. The van der Waals surface area contributed by atoms with Crippen LogP contribution in [-0.2, 0) is 13.4 Å². The maximum Gasteiger partial charge on any atom is 1.00 e. The van der Waals surface area contributed by atoms with Crippen molar-refractivity contribution in [2.45, 2.75) is 3.79 Å². The van der Waals surface area contributed by atoms with Gasteiger partial charge < -0.3 is 14.9 Å². The molecule has 2 unspecified atom stereocenters. The van der Waals surface area contributed by atoms with Gasteiger partial charge in [0.25, 0.3) is 0 Å². The van der Waals surface area contributed by atoms with Crippen molar-refractivity contribution in [1.82, 2.24) is 0 Å². The van der Waals surface area contributed by atoms with Crippen LogP contribution >= 0.6 is 51.3 Å². The Morgan fingerprint density at radius 3 is 1.33 bits per heavy atom. The molecule has 0 saturated heterocycles. The van der Waals surface area contributed by atoms with Crippen LogP contribution in [0.25, 0.3) is 0 Å². The van der Waals surface area contributed by atoms with E-state index in [1.807, 2.05) is 0 Å². The van der Waals surface area contributed by atoms with Crippen molar-refractivity contribution < 1.29 is 131 Å². The fourth-order valence-corrected chi connectivity index (χ4v) is 0.490. The van der Waals surface area contributed by atoms with Gasteiger partial charge >= 0.3 is 119 Å².